The van der Waals surface area contributed by atoms with Gasteiger partial charge in [0.2, 0.25) is 0 Å². The molecule has 1 aromatic carbocycles. The van der Waals surface area contributed by atoms with Crippen LogP contribution in [0.5, 0.6) is 0 Å². The van der Waals surface area contributed by atoms with Crippen LogP contribution in [0.25, 0.3) is 0 Å². The number of rotatable bonds is 4. The van der Waals surface area contributed by atoms with Crippen molar-refractivity contribution < 1.29 is 22.7 Å². The predicted octanol–water partition coefficient (Wildman–Crippen LogP) is 3.39. The lowest BCUT2D eigenvalue weighted by atomic mass is 10.2. The van der Waals surface area contributed by atoms with E-state index in [4.69, 9.17) is 0 Å². The molecular formula is C14H17F3N2O2. The first kappa shape index (κ1) is 15.6. The summed E-state index contributed by atoms with van der Waals surface area (Å²) in [5.74, 6) is 0. The maximum atomic E-state index is 11.9. The van der Waals surface area contributed by atoms with Crippen molar-refractivity contribution in [2.24, 2.45) is 0 Å². The summed E-state index contributed by atoms with van der Waals surface area (Å²) in [6.07, 6.45) is -3.26. The highest BCUT2D eigenvalue weighted by Gasteiger charge is 2.29. The molecule has 0 spiro atoms. The fourth-order valence-electron chi connectivity index (χ4n) is 2.25. The monoisotopic (exact) mass is 302 g/mol. The van der Waals surface area contributed by atoms with E-state index in [0.717, 1.165) is 25.2 Å². The van der Waals surface area contributed by atoms with Crippen molar-refractivity contribution in [1.82, 2.24) is 4.90 Å². The number of ether oxygens (including phenoxy) is 1. The van der Waals surface area contributed by atoms with Crippen LogP contribution in [0.2, 0.25) is 0 Å². The molecule has 0 bridgehead atoms. The van der Waals surface area contributed by atoms with E-state index < -0.39 is 18.9 Å². The normalized spacial score (nSPS) is 16.0. The molecule has 0 saturated carbocycles. The first-order valence-electron chi connectivity index (χ1n) is 6.74. The Labute approximate surface area is 120 Å². The lowest BCUT2D eigenvalue weighted by molar-refractivity contribution is -0.159. The van der Waals surface area contributed by atoms with Crippen molar-refractivity contribution in [1.29, 1.82) is 0 Å². The van der Waals surface area contributed by atoms with Gasteiger partial charge in [-0.3, -0.25) is 10.2 Å². The zero-order valence-corrected chi connectivity index (χ0v) is 11.4. The number of carbonyl (C=O) groups is 1. The molecule has 1 aliphatic rings. The van der Waals surface area contributed by atoms with E-state index in [1.54, 1.807) is 18.2 Å². The molecule has 1 aromatic rings. The highest BCUT2D eigenvalue weighted by molar-refractivity contribution is 5.84. The smallest absolute Gasteiger partial charge is 0.422 e. The van der Waals surface area contributed by atoms with E-state index in [1.807, 2.05) is 6.07 Å². The summed E-state index contributed by atoms with van der Waals surface area (Å²) >= 11 is 0. The Morgan fingerprint density at radius 2 is 2.00 bits per heavy atom. The maximum absolute atomic E-state index is 11.9. The van der Waals surface area contributed by atoms with Gasteiger partial charge >= 0.3 is 12.3 Å². The summed E-state index contributed by atoms with van der Waals surface area (Å²) in [6, 6.07) is 7.03. The molecule has 0 unspecified atom stereocenters. The van der Waals surface area contributed by atoms with Gasteiger partial charge in [0.05, 0.1) is 0 Å². The Bertz CT molecular complexity index is 485. The van der Waals surface area contributed by atoms with Gasteiger partial charge in [0.15, 0.2) is 6.61 Å². The van der Waals surface area contributed by atoms with E-state index in [-0.39, 0.29) is 0 Å². The zero-order valence-electron chi connectivity index (χ0n) is 11.4. The Kier molecular flexibility index (Phi) is 5.06. The predicted molar refractivity (Wildman–Crippen MR) is 72.0 cm³/mol. The van der Waals surface area contributed by atoms with Gasteiger partial charge in [0, 0.05) is 12.2 Å². The van der Waals surface area contributed by atoms with Crippen molar-refractivity contribution in [3.8, 4) is 0 Å². The number of halogens is 3. The van der Waals surface area contributed by atoms with Gasteiger partial charge in [0.1, 0.15) is 0 Å². The van der Waals surface area contributed by atoms with E-state index in [1.165, 1.54) is 12.8 Å². The molecule has 116 valence electrons. The van der Waals surface area contributed by atoms with Crippen LogP contribution in [0.3, 0.4) is 0 Å². The molecule has 1 heterocycles. The molecule has 0 aromatic heterocycles. The number of nitrogens with zero attached hydrogens (tertiary/aromatic N) is 1. The van der Waals surface area contributed by atoms with Crippen LogP contribution in [0.4, 0.5) is 23.7 Å². The van der Waals surface area contributed by atoms with E-state index in [0.29, 0.717) is 5.69 Å². The Hall–Kier alpha value is -1.76. The Morgan fingerprint density at radius 3 is 2.67 bits per heavy atom. The van der Waals surface area contributed by atoms with Gasteiger partial charge in [-0.05, 0) is 43.6 Å². The number of hydrogen-bond acceptors (Lipinski definition) is 3. The van der Waals surface area contributed by atoms with Gasteiger partial charge in [-0.2, -0.15) is 13.2 Å². The molecule has 21 heavy (non-hydrogen) atoms. The lowest BCUT2D eigenvalue weighted by Gasteiger charge is -2.15. The Balaban J connectivity index is 1.86. The fraction of sp³-hybridized carbons (Fsp3) is 0.500. The molecule has 1 fully saturated rings. The highest BCUT2D eigenvalue weighted by atomic mass is 19.4. The van der Waals surface area contributed by atoms with Crippen molar-refractivity contribution in [2.75, 3.05) is 25.0 Å². The lowest BCUT2D eigenvalue weighted by Crippen LogP contribution is -2.23. The summed E-state index contributed by atoms with van der Waals surface area (Å²) in [5.41, 5.74) is 1.43. The summed E-state index contributed by atoms with van der Waals surface area (Å²) in [5, 5.41) is 2.30. The number of alkyl halides is 3. The van der Waals surface area contributed by atoms with Gasteiger partial charge in [0.25, 0.3) is 0 Å². The molecule has 2 rings (SSSR count). The van der Waals surface area contributed by atoms with E-state index in [9.17, 15) is 18.0 Å². The third-order valence-electron chi connectivity index (χ3n) is 3.15. The van der Waals surface area contributed by atoms with Crippen LogP contribution < -0.4 is 5.32 Å². The molecular weight excluding hydrogens is 285 g/mol. The van der Waals surface area contributed by atoms with Crippen LogP contribution in [-0.4, -0.2) is 36.9 Å². The van der Waals surface area contributed by atoms with Gasteiger partial charge < -0.3 is 4.74 Å². The fourth-order valence-corrected chi connectivity index (χ4v) is 2.25. The first-order valence-corrected chi connectivity index (χ1v) is 6.74. The third-order valence-corrected chi connectivity index (χ3v) is 3.15. The maximum Gasteiger partial charge on any atom is 0.422 e. The molecule has 1 aliphatic heterocycles. The molecule has 7 heteroatoms. The van der Waals surface area contributed by atoms with Crippen LogP contribution >= 0.6 is 0 Å². The average Bonchev–Trinajstić information content (AvgIpc) is 2.89. The first-order chi connectivity index (χ1) is 9.92. The molecule has 1 N–H and O–H groups in total. The minimum absolute atomic E-state index is 0.430. The van der Waals surface area contributed by atoms with Gasteiger partial charge in [-0.1, -0.05) is 12.1 Å². The summed E-state index contributed by atoms with van der Waals surface area (Å²) in [6.45, 7) is 1.27. The van der Waals surface area contributed by atoms with Crippen molar-refractivity contribution in [3.05, 3.63) is 29.8 Å². The second kappa shape index (κ2) is 6.80. The van der Waals surface area contributed by atoms with Crippen LogP contribution in [0, 0.1) is 0 Å². The topological polar surface area (TPSA) is 41.6 Å². The van der Waals surface area contributed by atoms with Gasteiger partial charge in [-0.25, -0.2) is 4.79 Å². The number of likely N-dealkylation sites (tertiary alicyclic amines) is 1. The minimum atomic E-state index is -4.52. The summed E-state index contributed by atoms with van der Waals surface area (Å²) < 4.78 is 39.9. The number of anilines is 1. The number of carbonyl (C=O) groups excluding carboxylic acids is 1. The number of hydrogen-bond donors (Lipinski definition) is 1. The number of benzene rings is 1. The van der Waals surface area contributed by atoms with Crippen LogP contribution in [-0.2, 0) is 11.3 Å². The largest absolute Gasteiger partial charge is 0.440 e. The van der Waals surface area contributed by atoms with Crippen molar-refractivity contribution >= 4 is 11.8 Å². The standard InChI is InChI=1S/C14H17F3N2O2/c15-14(16,17)10-21-13(20)18-12-5-3-4-11(8-12)9-19-6-1-2-7-19/h3-5,8H,1-2,6-7,9-10H2,(H,18,20). The molecule has 1 amide bonds. The zero-order chi connectivity index (χ0) is 15.3. The number of amides is 1. The van der Waals surface area contributed by atoms with E-state index in [2.05, 4.69) is 15.0 Å². The SMILES string of the molecule is O=C(Nc1cccc(CN2CCCC2)c1)OCC(F)(F)F. The summed E-state index contributed by atoms with van der Waals surface area (Å²) in [4.78, 5) is 13.6. The molecule has 0 radical (unpaired) electrons. The molecule has 0 atom stereocenters. The van der Waals surface area contributed by atoms with Crippen LogP contribution in [0.1, 0.15) is 18.4 Å². The van der Waals surface area contributed by atoms with Crippen molar-refractivity contribution in [3.63, 3.8) is 0 Å². The minimum Gasteiger partial charge on any atom is -0.440 e. The highest BCUT2D eigenvalue weighted by Crippen LogP contribution is 2.17. The molecule has 0 aliphatic carbocycles. The Morgan fingerprint density at radius 1 is 1.29 bits per heavy atom. The van der Waals surface area contributed by atoms with Crippen molar-refractivity contribution in [2.45, 2.75) is 25.6 Å². The number of nitrogens with one attached hydrogen (secondary N) is 1. The average molecular weight is 302 g/mol. The van der Waals surface area contributed by atoms with Gasteiger partial charge in [-0.15, -0.1) is 0 Å². The second-order valence-electron chi connectivity index (χ2n) is 5.00. The molecule has 1 saturated heterocycles. The van der Waals surface area contributed by atoms with E-state index >= 15 is 0 Å². The molecule has 4 nitrogen and oxygen atoms in total. The summed E-state index contributed by atoms with van der Waals surface area (Å²) in [7, 11) is 0. The van der Waals surface area contributed by atoms with Crippen LogP contribution in [0.15, 0.2) is 24.3 Å². The quantitative estimate of drug-likeness (QED) is 0.927. The third kappa shape index (κ3) is 5.63. The second-order valence-corrected chi connectivity index (χ2v) is 5.00.